The number of ether oxygens (including phenoxy) is 2. The van der Waals surface area contributed by atoms with Crippen molar-refractivity contribution in [3.63, 3.8) is 0 Å². The van der Waals surface area contributed by atoms with E-state index in [4.69, 9.17) is 9.47 Å². The SMILES string of the molecule is COc1ccccc1/C=C/C=C1\Oc2ccc(Br)cc2C1=O. The first kappa shape index (κ1) is 14.6. The lowest BCUT2D eigenvalue weighted by atomic mass is 10.1. The number of Topliss-reactive ketones (excluding diaryl/α,β-unsaturated/α-hetero) is 1. The molecule has 0 radical (unpaired) electrons. The highest BCUT2D eigenvalue weighted by Gasteiger charge is 2.26. The molecule has 0 N–H and O–H groups in total. The molecule has 0 unspecified atom stereocenters. The van der Waals surface area contributed by atoms with Crippen LogP contribution in [-0.4, -0.2) is 12.9 Å². The van der Waals surface area contributed by atoms with Crippen LogP contribution in [0, 0.1) is 0 Å². The number of benzene rings is 2. The minimum Gasteiger partial charge on any atom is -0.496 e. The van der Waals surface area contributed by atoms with Gasteiger partial charge in [-0.1, -0.05) is 46.3 Å². The molecule has 1 heterocycles. The van der Waals surface area contributed by atoms with Gasteiger partial charge in [0.1, 0.15) is 11.5 Å². The van der Waals surface area contributed by atoms with E-state index in [1.54, 1.807) is 31.4 Å². The van der Waals surface area contributed by atoms with Crippen molar-refractivity contribution in [1.82, 2.24) is 0 Å². The summed E-state index contributed by atoms with van der Waals surface area (Å²) in [4.78, 5) is 12.2. The summed E-state index contributed by atoms with van der Waals surface area (Å²) in [5.41, 5.74) is 1.51. The summed E-state index contributed by atoms with van der Waals surface area (Å²) in [6.07, 6.45) is 5.33. The number of ketones is 1. The minimum atomic E-state index is -0.110. The third-order valence-electron chi connectivity index (χ3n) is 3.29. The lowest BCUT2D eigenvalue weighted by molar-refractivity contribution is 0.101. The summed E-state index contributed by atoms with van der Waals surface area (Å²) in [6, 6.07) is 13.1. The molecule has 0 amide bonds. The second-order valence-corrected chi connectivity index (χ2v) is 5.62. The van der Waals surface area contributed by atoms with Crippen molar-refractivity contribution in [1.29, 1.82) is 0 Å². The second-order valence-electron chi connectivity index (χ2n) is 4.70. The lowest BCUT2D eigenvalue weighted by Crippen LogP contribution is -1.97. The molecule has 2 aromatic carbocycles. The number of halogens is 1. The van der Waals surface area contributed by atoms with Crippen LogP contribution in [0.5, 0.6) is 11.5 Å². The zero-order valence-corrected chi connectivity index (χ0v) is 13.5. The van der Waals surface area contributed by atoms with Crippen molar-refractivity contribution in [2.75, 3.05) is 7.11 Å². The maximum Gasteiger partial charge on any atom is 0.231 e. The van der Waals surface area contributed by atoms with Crippen LogP contribution < -0.4 is 9.47 Å². The fraction of sp³-hybridized carbons (Fsp3) is 0.0556. The third-order valence-corrected chi connectivity index (χ3v) is 3.79. The van der Waals surface area contributed by atoms with Crippen molar-refractivity contribution in [3.8, 4) is 11.5 Å². The molecule has 4 heteroatoms. The van der Waals surface area contributed by atoms with Crippen molar-refractivity contribution < 1.29 is 14.3 Å². The molecule has 0 aliphatic carbocycles. The summed E-state index contributed by atoms with van der Waals surface area (Å²) in [5, 5.41) is 0. The monoisotopic (exact) mass is 356 g/mol. The molecular weight excluding hydrogens is 344 g/mol. The average molecular weight is 357 g/mol. The molecule has 0 saturated carbocycles. The molecule has 0 saturated heterocycles. The number of hydrogen-bond donors (Lipinski definition) is 0. The molecule has 0 aromatic heterocycles. The quantitative estimate of drug-likeness (QED) is 0.752. The Balaban J connectivity index is 1.83. The van der Waals surface area contributed by atoms with Gasteiger partial charge < -0.3 is 9.47 Å². The summed E-state index contributed by atoms with van der Waals surface area (Å²) in [7, 11) is 1.63. The Labute approximate surface area is 137 Å². The zero-order chi connectivity index (χ0) is 15.5. The van der Waals surface area contributed by atoms with Crippen molar-refractivity contribution in [3.05, 3.63) is 76.0 Å². The van der Waals surface area contributed by atoms with Crippen molar-refractivity contribution in [2.24, 2.45) is 0 Å². The maximum absolute atomic E-state index is 12.2. The molecule has 2 aromatic rings. The van der Waals surface area contributed by atoms with E-state index >= 15 is 0 Å². The van der Waals surface area contributed by atoms with Gasteiger partial charge in [0.05, 0.1) is 12.7 Å². The van der Waals surface area contributed by atoms with Crippen LogP contribution in [0.2, 0.25) is 0 Å². The van der Waals surface area contributed by atoms with Crippen LogP contribution in [0.25, 0.3) is 6.08 Å². The third kappa shape index (κ3) is 2.83. The Bertz CT molecular complexity index is 791. The maximum atomic E-state index is 12.2. The highest BCUT2D eigenvalue weighted by molar-refractivity contribution is 9.10. The standard InChI is InChI=1S/C18H13BrO3/c1-21-15-7-3-2-5-12(15)6-4-8-17-18(20)14-11-13(19)9-10-16(14)22-17/h2-11H,1H3/b6-4+,17-8-. The number of allylic oxidation sites excluding steroid dienone is 3. The van der Waals surface area contributed by atoms with Crippen LogP contribution >= 0.6 is 15.9 Å². The first-order valence-electron chi connectivity index (χ1n) is 6.72. The topological polar surface area (TPSA) is 35.5 Å². The molecule has 3 rings (SSSR count). The van der Waals surface area contributed by atoms with E-state index in [1.807, 2.05) is 36.4 Å². The van der Waals surface area contributed by atoms with Gasteiger partial charge in [-0.2, -0.15) is 0 Å². The van der Waals surface area contributed by atoms with Crippen LogP contribution in [0.3, 0.4) is 0 Å². The Morgan fingerprint density at radius 2 is 2.00 bits per heavy atom. The van der Waals surface area contributed by atoms with E-state index in [9.17, 15) is 4.79 Å². The number of carbonyl (C=O) groups is 1. The van der Waals surface area contributed by atoms with Gasteiger partial charge in [0, 0.05) is 10.0 Å². The van der Waals surface area contributed by atoms with Gasteiger partial charge in [-0.3, -0.25) is 4.79 Å². The second kappa shape index (κ2) is 6.20. The van der Waals surface area contributed by atoms with Crippen LogP contribution in [-0.2, 0) is 0 Å². The summed E-state index contributed by atoms with van der Waals surface area (Å²) in [6.45, 7) is 0. The van der Waals surface area contributed by atoms with E-state index in [-0.39, 0.29) is 5.78 Å². The van der Waals surface area contributed by atoms with E-state index in [0.717, 1.165) is 15.8 Å². The van der Waals surface area contributed by atoms with Crippen molar-refractivity contribution in [2.45, 2.75) is 0 Å². The Morgan fingerprint density at radius 1 is 1.18 bits per heavy atom. The number of carbonyl (C=O) groups excluding carboxylic acids is 1. The zero-order valence-electron chi connectivity index (χ0n) is 11.9. The molecule has 22 heavy (non-hydrogen) atoms. The van der Waals surface area contributed by atoms with Gasteiger partial charge in [0.15, 0.2) is 5.76 Å². The number of methoxy groups -OCH3 is 1. The predicted octanol–water partition coefficient (Wildman–Crippen LogP) is 4.63. The lowest BCUT2D eigenvalue weighted by Gasteiger charge is -2.02. The summed E-state index contributed by atoms with van der Waals surface area (Å²) in [5.74, 6) is 1.58. The average Bonchev–Trinajstić information content (AvgIpc) is 2.84. The van der Waals surface area contributed by atoms with Gasteiger partial charge in [0.2, 0.25) is 5.78 Å². The van der Waals surface area contributed by atoms with Crippen molar-refractivity contribution >= 4 is 27.8 Å². The van der Waals surface area contributed by atoms with E-state index in [2.05, 4.69) is 15.9 Å². The first-order valence-corrected chi connectivity index (χ1v) is 7.52. The highest BCUT2D eigenvalue weighted by atomic mass is 79.9. The molecule has 1 aliphatic rings. The minimum absolute atomic E-state index is 0.110. The highest BCUT2D eigenvalue weighted by Crippen LogP contribution is 2.33. The molecule has 0 fully saturated rings. The smallest absolute Gasteiger partial charge is 0.231 e. The summed E-state index contributed by atoms with van der Waals surface area (Å²) >= 11 is 3.36. The van der Waals surface area contributed by atoms with E-state index in [0.29, 0.717) is 17.1 Å². The van der Waals surface area contributed by atoms with Gasteiger partial charge >= 0.3 is 0 Å². The van der Waals surface area contributed by atoms with E-state index in [1.165, 1.54) is 0 Å². The largest absolute Gasteiger partial charge is 0.496 e. The Kier molecular flexibility index (Phi) is 4.11. The van der Waals surface area contributed by atoms with Gasteiger partial charge in [-0.15, -0.1) is 0 Å². The molecule has 0 spiro atoms. The van der Waals surface area contributed by atoms with Gasteiger partial charge in [0.25, 0.3) is 0 Å². The molecular formula is C18H13BrO3. The number of hydrogen-bond acceptors (Lipinski definition) is 3. The van der Waals surface area contributed by atoms with Gasteiger partial charge in [-0.25, -0.2) is 0 Å². The number of para-hydroxylation sites is 1. The fourth-order valence-corrected chi connectivity index (χ4v) is 2.58. The van der Waals surface area contributed by atoms with Gasteiger partial charge in [-0.05, 0) is 30.3 Å². The summed E-state index contributed by atoms with van der Waals surface area (Å²) < 4.78 is 11.7. The van der Waals surface area contributed by atoms with Crippen LogP contribution in [0.4, 0.5) is 0 Å². The number of fused-ring (bicyclic) bond motifs is 1. The first-order chi connectivity index (χ1) is 10.7. The molecule has 110 valence electrons. The van der Waals surface area contributed by atoms with Crippen LogP contribution in [0.1, 0.15) is 15.9 Å². The molecule has 1 aliphatic heterocycles. The molecule has 0 atom stereocenters. The predicted molar refractivity (Wildman–Crippen MR) is 89.2 cm³/mol. The normalized spacial score (nSPS) is 15.2. The molecule has 3 nitrogen and oxygen atoms in total. The number of rotatable bonds is 3. The fourth-order valence-electron chi connectivity index (χ4n) is 2.22. The Morgan fingerprint density at radius 3 is 2.82 bits per heavy atom. The van der Waals surface area contributed by atoms with E-state index < -0.39 is 0 Å². The Hall–Kier alpha value is -2.33. The van der Waals surface area contributed by atoms with Crippen LogP contribution in [0.15, 0.2) is 64.8 Å². The molecule has 0 bridgehead atoms.